The van der Waals surface area contributed by atoms with Crippen molar-refractivity contribution in [3.63, 3.8) is 0 Å². The normalized spacial score (nSPS) is 26.4. The summed E-state index contributed by atoms with van der Waals surface area (Å²) in [4.78, 5) is 13.4. The third-order valence-corrected chi connectivity index (χ3v) is 3.19. The second-order valence-electron chi connectivity index (χ2n) is 4.32. The monoisotopic (exact) mass is 209 g/mol. The van der Waals surface area contributed by atoms with Gasteiger partial charge in [0.1, 0.15) is 0 Å². The van der Waals surface area contributed by atoms with Gasteiger partial charge in [-0.1, -0.05) is 13.3 Å². The second-order valence-corrected chi connectivity index (χ2v) is 4.32. The minimum absolute atomic E-state index is 0.511. The van der Waals surface area contributed by atoms with Crippen LogP contribution in [0.1, 0.15) is 32.6 Å². The van der Waals surface area contributed by atoms with E-state index < -0.39 is 11.4 Å². The predicted molar refractivity (Wildman–Crippen MR) is 59.5 cm³/mol. The zero-order valence-electron chi connectivity index (χ0n) is 9.33. The topological polar surface area (TPSA) is 40.5 Å². The third-order valence-electron chi connectivity index (χ3n) is 3.19. The first-order valence-electron chi connectivity index (χ1n) is 5.54. The van der Waals surface area contributed by atoms with Crippen LogP contribution in [0.25, 0.3) is 0 Å². The lowest BCUT2D eigenvalue weighted by atomic mass is 9.83. The van der Waals surface area contributed by atoms with Crippen molar-refractivity contribution >= 4 is 5.97 Å². The predicted octanol–water partition coefficient (Wildman–Crippen LogP) is 1.59. The summed E-state index contributed by atoms with van der Waals surface area (Å²) in [5.41, 5.74) is -0.511. The number of carboxylic acid groups (broad SMARTS) is 1. The van der Waals surface area contributed by atoms with E-state index in [1.165, 1.54) is 0 Å². The number of carbonyl (C=O) groups is 1. The van der Waals surface area contributed by atoms with E-state index >= 15 is 0 Å². The number of likely N-dealkylation sites (tertiary alicyclic amines) is 1. The number of hydrogen-bond donors (Lipinski definition) is 1. The van der Waals surface area contributed by atoms with Crippen LogP contribution < -0.4 is 0 Å². The Labute approximate surface area is 91.5 Å². The van der Waals surface area contributed by atoms with Gasteiger partial charge >= 0.3 is 5.97 Å². The van der Waals surface area contributed by atoms with Crippen LogP contribution in [-0.2, 0) is 4.79 Å². The minimum atomic E-state index is -0.646. The molecule has 15 heavy (non-hydrogen) atoms. The molecule has 0 aromatic heterocycles. The van der Waals surface area contributed by atoms with Gasteiger partial charge in [0.15, 0.2) is 0 Å². The molecule has 1 heterocycles. The number of rotatable bonds is 5. The van der Waals surface area contributed by atoms with Crippen LogP contribution in [-0.4, -0.2) is 35.6 Å². The highest BCUT2D eigenvalue weighted by molar-refractivity contribution is 5.75. The summed E-state index contributed by atoms with van der Waals surface area (Å²) in [6.45, 7) is 4.40. The molecule has 0 amide bonds. The number of terminal acetylenes is 1. The van der Waals surface area contributed by atoms with E-state index in [4.69, 9.17) is 6.42 Å². The van der Waals surface area contributed by atoms with Crippen molar-refractivity contribution < 1.29 is 9.90 Å². The highest BCUT2D eigenvalue weighted by Gasteiger charge is 2.43. The van der Waals surface area contributed by atoms with Crippen molar-refractivity contribution in [3.05, 3.63) is 0 Å². The molecule has 3 nitrogen and oxygen atoms in total. The molecule has 0 spiro atoms. The molecule has 84 valence electrons. The summed E-state index contributed by atoms with van der Waals surface area (Å²) in [6.07, 6.45) is 8.37. The summed E-state index contributed by atoms with van der Waals surface area (Å²) in [6, 6.07) is 0. The maximum atomic E-state index is 11.3. The lowest BCUT2D eigenvalue weighted by Crippen LogP contribution is -2.34. The first-order chi connectivity index (χ1) is 7.14. The highest BCUT2D eigenvalue weighted by Crippen LogP contribution is 2.35. The molecular formula is C12H19NO2. The lowest BCUT2D eigenvalue weighted by Gasteiger charge is -2.23. The number of hydrogen-bond acceptors (Lipinski definition) is 2. The molecule has 1 aliphatic rings. The van der Waals surface area contributed by atoms with Gasteiger partial charge < -0.3 is 10.0 Å². The average Bonchev–Trinajstić information content (AvgIpc) is 2.60. The maximum absolute atomic E-state index is 11.3. The molecule has 1 fully saturated rings. The van der Waals surface area contributed by atoms with Crippen LogP contribution >= 0.6 is 0 Å². The van der Waals surface area contributed by atoms with E-state index in [-0.39, 0.29) is 0 Å². The van der Waals surface area contributed by atoms with Gasteiger partial charge in [0.05, 0.1) is 5.41 Å². The molecule has 3 heteroatoms. The Kier molecular flexibility index (Phi) is 4.16. The van der Waals surface area contributed by atoms with E-state index in [2.05, 4.69) is 10.8 Å². The van der Waals surface area contributed by atoms with Crippen LogP contribution in [0.5, 0.6) is 0 Å². The van der Waals surface area contributed by atoms with E-state index in [9.17, 15) is 9.90 Å². The molecule has 1 atom stereocenters. The smallest absolute Gasteiger partial charge is 0.310 e. The zero-order chi connectivity index (χ0) is 11.3. The number of carboxylic acids is 1. The van der Waals surface area contributed by atoms with Gasteiger partial charge in [0, 0.05) is 19.5 Å². The van der Waals surface area contributed by atoms with Gasteiger partial charge in [-0.25, -0.2) is 0 Å². The summed E-state index contributed by atoms with van der Waals surface area (Å²) in [5.74, 6) is 1.95. The lowest BCUT2D eigenvalue weighted by molar-refractivity contribution is -0.148. The molecule has 0 radical (unpaired) electrons. The van der Waals surface area contributed by atoms with Crippen molar-refractivity contribution in [2.75, 3.05) is 19.6 Å². The molecule has 0 aromatic carbocycles. The Bertz CT molecular complexity index is 269. The van der Waals surface area contributed by atoms with Crippen LogP contribution in [0, 0.1) is 17.8 Å². The summed E-state index contributed by atoms with van der Waals surface area (Å²) in [7, 11) is 0. The van der Waals surface area contributed by atoms with Gasteiger partial charge in [0.2, 0.25) is 0 Å². The maximum Gasteiger partial charge on any atom is 0.310 e. The standard InChI is InChI=1S/C12H19NO2/c1-3-5-8-13-9-7-12(10-13,6-4-2)11(14)15/h1H,4-10H2,2H3,(H,14,15). The fourth-order valence-electron chi connectivity index (χ4n) is 2.34. The first-order valence-corrected chi connectivity index (χ1v) is 5.54. The molecule has 1 saturated heterocycles. The summed E-state index contributed by atoms with van der Waals surface area (Å²) < 4.78 is 0. The van der Waals surface area contributed by atoms with Gasteiger partial charge in [-0.2, -0.15) is 0 Å². The molecule has 0 aromatic rings. The Hall–Kier alpha value is -1.01. The quantitative estimate of drug-likeness (QED) is 0.699. The largest absolute Gasteiger partial charge is 0.481 e. The first kappa shape index (κ1) is 12.1. The Balaban J connectivity index is 2.56. The average molecular weight is 209 g/mol. The van der Waals surface area contributed by atoms with E-state index in [0.717, 1.165) is 32.4 Å². The molecule has 1 rings (SSSR count). The molecule has 1 unspecified atom stereocenters. The fourth-order valence-corrected chi connectivity index (χ4v) is 2.34. The number of aliphatic carboxylic acids is 1. The van der Waals surface area contributed by atoms with Gasteiger partial charge in [0.25, 0.3) is 0 Å². The number of nitrogens with zero attached hydrogens (tertiary/aromatic N) is 1. The molecule has 1 aliphatic heterocycles. The van der Waals surface area contributed by atoms with E-state index in [1.54, 1.807) is 0 Å². The third kappa shape index (κ3) is 2.73. The Morgan fingerprint density at radius 1 is 1.67 bits per heavy atom. The summed E-state index contributed by atoms with van der Waals surface area (Å²) in [5, 5.41) is 9.27. The van der Waals surface area contributed by atoms with Gasteiger partial charge in [-0.15, -0.1) is 12.3 Å². The van der Waals surface area contributed by atoms with Crippen molar-refractivity contribution in [3.8, 4) is 12.3 Å². The molecule has 0 saturated carbocycles. The van der Waals surface area contributed by atoms with Crippen molar-refractivity contribution in [1.82, 2.24) is 4.90 Å². The Morgan fingerprint density at radius 2 is 2.40 bits per heavy atom. The van der Waals surface area contributed by atoms with E-state index in [1.807, 2.05) is 6.92 Å². The molecule has 0 bridgehead atoms. The fraction of sp³-hybridized carbons (Fsp3) is 0.750. The molecule has 1 N–H and O–H groups in total. The van der Waals surface area contributed by atoms with Crippen molar-refractivity contribution in [1.29, 1.82) is 0 Å². The molecule has 0 aliphatic carbocycles. The van der Waals surface area contributed by atoms with Gasteiger partial charge in [-0.05, 0) is 19.4 Å². The van der Waals surface area contributed by atoms with E-state index in [0.29, 0.717) is 13.0 Å². The van der Waals surface area contributed by atoms with Crippen LogP contribution in [0.2, 0.25) is 0 Å². The van der Waals surface area contributed by atoms with Crippen LogP contribution in [0.4, 0.5) is 0 Å². The van der Waals surface area contributed by atoms with Crippen LogP contribution in [0.3, 0.4) is 0 Å². The SMILES string of the molecule is C#CCCN1CCC(CCC)(C(=O)O)C1. The second kappa shape index (κ2) is 5.18. The minimum Gasteiger partial charge on any atom is -0.481 e. The van der Waals surface area contributed by atoms with Crippen molar-refractivity contribution in [2.45, 2.75) is 32.6 Å². The zero-order valence-corrected chi connectivity index (χ0v) is 9.33. The molecular weight excluding hydrogens is 190 g/mol. The van der Waals surface area contributed by atoms with Crippen molar-refractivity contribution in [2.24, 2.45) is 5.41 Å². The highest BCUT2D eigenvalue weighted by atomic mass is 16.4. The van der Waals surface area contributed by atoms with Gasteiger partial charge in [-0.3, -0.25) is 4.79 Å². The van der Waals surface area contributed by atoms with Crippen LogP contribution in [0.15, 0.2) is 0 Å². The summed E-state index contributed by atoms with van der Waals surface area (Å²) >= 11 is 0. The Morgan fingerprint density at radius 3 is 2.93 bits per heavy atom.